The lowest BCUT2D eigenvalue weighted by molar-refractivity contribution is 0.306. The van der Waals surface area contributed by atoms with Crippen molar-refractivity contribution in [1.29, 1.82) is 5.26 Å². The first-order valence-electron chi connectivity index (χ1n) is 6.40. The molecule has 0 N–H and O–H groups in total. The van der Waals surface area contributed by atoms with Crippen LogP contribution >= 0.6 is 0 Å². The first-order chi connectivity index (χ1) is 10.3. The summed E-state index contributed by atoms with van der Waals surface area (Å²) in [7, 11) is 0. The maximum atomic E-state index is 12.0. The summed E-state index contributed by atoms with van der Waals surface area (Å²) < 4.78 is 10.9. The maximum absolute atomic E-state index is 12.0. The van der Waals surface area contributed by atoms with Crippen LogP contribution in [0.4, 0.5) is 0 Å². The van der Waals surface area contributed by atoms with Gasteiger partial charge in [-0.05, 0) is 23.8 Å². The Kier molecular flexibility index (Phi) is 3.40. The van der Waals surface area contributed by atoms with Gasteiger partial charge in [-0.1, -0.05) is 30.3 Å². The van der Waals surface area contributed by atoms with Crippen LogP contribution < -0.4 is 10.2 Å². The smallest absolute Gasteiger partial charge is 0.210 e. The van der Waals surface area contributed by atoms with Crippen LogP contribution in [-0.4, -0.2) is 0 Å². The van der Waals surface area contributed by atoms with Crippen molar-refractivity contribution >= 4 is 11.0 Å². The lowest BCUT2D eigenvalue weighted by Gasteiger charge is -2.07. The molecular formula is C17H11NO3. The van der Waals surface area contributed by atoms with Crippen LogP contribution in [0.25, 0.3) is 11.0 Å². The largest absolute Gasteiger partial charge is 0.489 e. The highest BCUT2D eigenvalue weighted by Crippen LogP contribution is 2.20. The number of ether oxygens (including phenoxy) is 1. The number of fused-ring (bicyclic) bond motifs is 1. The fourth-order valence-electron chi connectivity index (χ4n) is 2.02. The monoisotopic (exact) mass is 277 g/mol. The second kappa shape index (κ2) is 5.51. The van der Waals surface area contributed by atoms with Gasteiger partial charge in [-0.2, -0.15) is 5.26 Å². The zero-order valence-corrected chi connectivity index (χ0v) is 11.1. The van der Waals surface area contributed by atoms with Crippen molar-refractivity contribution in [1.82, 2.24) is 0 Å². The van der Waals surface area contributed by atoms with Gasteiger partial charge < -0.3 is 9.15 Å². The third-order valence-corrected chi connectivity index (χ3v) is 3.11. The zero-order valence-electron chi connectivity index (χ0n) is 11.1. The van der Waals surface area contributed by atoms with E-state index in [9.17, 15) is 4.79 Å². The number of hydrogen-bond donors (Lipinski definition) is 0. The van der Waals surface area contributed by atoms with Gasteiger partial charge in [0.2, 0.25) is 5.43 Å². The Labute approximate surface area is 120 Å². The van der Waals surface area contributed by atoms with Gasteiger partial charge in [0.25, 0.3) is 0 Å². The number of nitrogens with zero attached hydrogens (tertiary/aromatic N) is 1. The SMILES string of the molecule is N#Cc1coc2ccc(OCc3ccccc3)cc2c1=O. The van der Waals surface area contributed by atoms with Crippen LogP contribution in [0.3, 0.4) is 0 Å². The van der Waals surface area contributed by atoms with Gasteiger partial charge in [-0.15, -0.1) is 0 Å². The Bertz CT molecular complexity index is 876. The van der Waals surface area contributed by atoms with E-state index in [0.717, 1.165) is 5.56 Å². The van der Waals surface area contributed by atoms with Crippen molar-refractivity contribution in [2.75, 3.05) is 0 Å². The molecule has 0 saturated carbocycles. The number of benzene rings is 2. The molecule has 0 unspecified atom stereocenters. The molecule has 1 heterocycles. The average molecular weight is 277 g/mol. The molecule has 3 rings (SSSR count). The molecule has 2 aromatic carbocycles. The molecule has 0 aliphatic heterocycles. The molecule has 0 atom stereocenters. The molecule has 1 aromatic heterocycles. The summed E-state index contributed by atoms with van der Waals surface area (Å²) in [6.07, 6.45) is 1.18. The van der Waals surface area contributed by atoms with Crippen molar-refractivity contribution in [3.8, 4) is 11.8 Å². The van der Waals surface area contributed by atoms with E-state index >= 15 is 0 Å². The van der Waals surface area contributed by atoms with E-state index in [4.69, 9.17) is 14.4 Å². The Hall–Kier alpha value is -3.06. The van der Waals surface area contributed by atoms with Crippen LogP contribution in [0.5, 0.6) is 5.75 Å². The highest BCUT2D eigenvalue weighted by Gasteiger charge is 2.07. The van der Waals surface area contributed by atoms with Gasteiger partial charge in [-0.3, -0.25) is 4.79 Å². The molecule has 0 radical (unpaired) electrons. The lowest BCUT2D eigenvalue weighted by atomic mass is 10.2. The molecule has 21 heavy (non-hydrogen) atoms. The van der Waals surface area contributed by atoms with Crippen molar-refractivity contribution in [2.24, 2.45) is 0 Å². The van der Waals surface area contributed by atoms with Gasteiger partial charge in [0.05, 0.1) is 5.39 Å². The van der Waals surface area contributed by atoms with Crippen LogP contribution in [-0.2, 0) is 6.61 Å². The van der Waals surface area contributed by atoms with Crippen LogP contribution in [0.1, 0.15) is 11.1 Å². The maximum Gasteiger partial charge on any atom is 0.210 e. The molecule has 0 bridgehead atoms. The van der Waals surface area contributed by atoms with E-state index in [0.29, 0.717) is 23.3 Å². The minimum absolute atomic E-state index is 0.0114. The first-order valence-corrected chi connectivity index (χ1v) is 6.40. The summed E-state index contributed by atoms with van der Waals surface area (Å²) in [6, 6.07) is 16.6. The molecular weight excluding hydrogens is 266 g/mol. The number of rotatable bonds is 3. The zero-order chi connectivity index (χ0) is 14.7. The minimum atomic E-state index is -0.344. The van der Waals surface area contributed by atoms with E-state index in [1.54, 1.807) is 18.2 Å². The predicted octanol–water partition coefficient (Wildman–Crippen LogP) is 3.24. The standard InChI is InChI=1S/C17H11NO3/c18-9-13-11-21-16-7-6-14(8-15(16)17(13)19)20-10-12-4-2-1-3-5-12/h1-8,11H,10H2. The van der Waals surface area contributed by atoms with Crippen LogP contribution in [0.2, 0.25) is 0 Å². The second-order valence-corrected chi connectivity index (χ2v) is 4.52. The topological polar surface area (TPSA) is 63.2 Å². The number of hydrogen-bond acceptors (Lipinski definition) is 4. The molecule has 4 heteroatoms. The third kappa shape index (κ3) is 2.63. The summed E-state index contributed by atoms with van der Waals surface area (Å²) in [5, 5.41) is 9.20. The lowest BCUT2D eigenvalue weighted by Crippen LogP contribution is -2.05. The van der Waals surface area contributed by atoms with E-state index in [1.807, 2.05) is 36.4 Å². The van der Waals surface area contributed by atoms with Crippen LogP contribution in [0.15, 0.2) is 64.0 Å². The molecule has 0 amide bonds. The van der Waals surface area contributed by atoms with Crippen molar-refractivity contribution in [3.63, 3.8) is 0 Å². The fourth-order valence-corrected chi connectivity index (χ4v) is 2.02. The molecule has 3 aromatic rings. The third-order valence-electron chi connectivity index (χ3n) is 3.11. The van der Waals surface area contributed by atoms with Gasteiger partial charge in [0.15, 0.2) is 0 Å². The quantitative estimate of drug-likeness (QED) is 0.737. The first kappa shape index (κ1) is 12.9. The fraction of sp³-hybridized carbons (Fsp3) is 0.0588. The van der Waals surface area contributed by atoms with E-state index in [-0.39, 0.29) is 11.0 Å². The molecule has 0 aliphatic carbocycles. The molecule has 102 valence electrons. The van der Waals surface area contributed by atoms with E-state index in [2.05, 4.69) is 0 Å². The predicted molar refractivity (Wildman–Crippen MR) is 78.0 cm³/mol. The van der Waals surface area contributed by atoms with Gasteiger partial charge >= 0.3 is 0 Å². The normalized spacial score (nSPS) is 10.2. The summed E-state index contributed by atoms with van der Waals surface area (Å²) >= 11 is 0. The van der Waals surface area contributed by atoms with Crippen LogP contribution in [0, 0.1) is 11.3 Å². The molecule has 0 fully saturated rings. The molecule has 4 nitrogen and oxygen atoms in total. The van der Waals surface area contributed by atoms with Gasteiger partial charge in [-0.25, -0.2) is 0 Å². The van der Waals surface area contributed by atoms with Gasteiger partial charge in [0.1, 0.15) is 35.8 Å². The minimum Gasteiger partial charge on any atom is -0.489 e. The number of nitriles is 1. The second-order valence-electron chi connectivity index (χ2n) is 4.52. The van der Waals surface area contributed by atoms with Crippen molar-refractivity contribution < 1.29 is 9.15 Å². The van der Waals surface area contributed by atoms with E-state index < -0.39 is 0 Å². The highest BCUT2D eigenvalue weighted by molar-refractivity contribution is 5.79. The molecule has 0 saturated heterocycles. The van der Waals surface area contributed by atoms with Crippen molar-refractivity contribution in [2.45, 2.75) is 6.61 Å². The molecule has 0 aliphatic rings. The summed E-state index contributed by atoms with van der Waals surface area (Å²) in [5.74, 6) is 0.564. The molecule has 0 spiro atoms. The Balaban J connectivity index is 1.92. The summed E-state index contributed by atoms with van der Waals surface area (Å²) in [6.45, 7) is 0.412. The Morgan fingerprint density at radius 2 is 1.95 bits per heavy atom. The van der Waals surface area contributed by atoms with E-state index in [1.165, 1.54) is 6.26 Å². The average Bonchev–Trinajstić information content (AvgIpc) is 2.54. The summed E-state index contributed by atoms with van der Waals surface area (Å²) in [5.41, 5.74) is 1.12. The Morgan fingerprint density at radius 3 is 2.71 bits per heavy atom. The highest BCUT2D eigenvalue weighted by atomic mass is 16.5. The summed E-state index contributed by atoms with van der Waals surface area (Å²) in [4.78, 5) is 12.0. The van der Waals surface area contributed by atoms with Crippen molar-refractivity contribution in [3.05, 3.63) is 76.1 Å². The Morgan fingerprint density at radius 1 is 1.14 bits per heavy atom. The van der Waals surface area contributed by atoms with Gasteiger partial charge in [0, 0.05) is 0 Å².